The maximum atomic E-state index is 12.1. The van der Waals surface area contributed by atoms with Crippen molar-refractivity contribution < 1.29 is 18.3 Å². The molecule has 0 unspecified atom stereocenters. The monoisotopic (exact) mass is 326 g/mol. The van der Waals surface area contributed by atoms with E-state index >= 15 is 0 Å². The molecule has 1 aromatic rings. The van der Waals surface area contributed by atoms with Gasteiger partial charge in [0.1, 0.15) is 0 Å². The van der Waals surface area contributed by atoms with Crippen LogP contribution >= 0.6 is 23.2 Å². The zero-order valence-corrected chi connectivity index (χ0v) is 13.2. The van der Waals surface area contributed by atoms with Crippen LogP contribution in [0.25, 0.3) is 0 Å². The molecule has 1 rings (SSSR count). The van der Waals surface area contributed by atoms with Crippen molar-refractivity contribution >= 4 is 36.5 Å². The predicted octanol–water partition coefficient (Wildman–Crippen LogP) is 4.22. The van der Waals surface area contributed by atoms with Crippen molar-refractivity contribution in [3.8, 4) is 0 Å². The first kappa shape index (κ1) is 19.6. The van der Waals surface area contributed by atoms with Crippen LogP contribution < -0.4 is 5.46 Å². The van der Waals surface area contributed by atoms with Gasteiger partial charge in [-0.2, -0.15) is 13.2 Å². The molecule has 0 bridgehead atoms. The third kappa shape index (κ3) is 6.38. The molecule has 0 saturated heterocycles. The Morgan fingerprint density at radius 1 is 1.10 bits per heavy atom. The molecule has 20 heavy (non-hydrogen) atoms. The lowest BCUT2D eigenvalue weighted by molar-refractivity contribution is -0.137. The summed E-state index contributed by atoms with van der Waals surface area (Å²) in [6.07, 6.45) is -4.46. The molecule has 0 atom stereocenters. The summed E-state index contributed by atoms with van der Waals surface area (Å²) < 4.78 is 36.4. The molecule has 0 heterocycles. The maximum absolute atomic E-state index is 12.1. The van der Waals surface area contributed by atoms with Crippen LogP contribution in [0.1, 0.15) is 33.3 Å². The second-order valence-electron chi connectivity index (χ2n) is 5.16. The molecule has 1 aromatic carbocycles. The third-order valence-electron chi connectivity index (χ3n) is 2.82. The largest absolute Gasteiger partial charge is 0.576 e. The number of hydrogen-bond donors (Lipinski definition) is 1. The van der Waals surface area contributed by atoms with Gasteiger partial charge in [-0.05, 0) is 41.9 Å². The van der Waals surface area contributed by atoms with Crippen molar-refractivity contribution in [2.45, 2.75) is 39.5 Å². The molecule has 0 saturated carbocycles. The van der Waals surface area contributed by atoms with E-state index in [-0.39, 0.29) is 15.5 Å². The quantitative estimate of drug-likeness (QED) is 0.766. The molecule has 113 valence electrons. The Kier molecular flexibility index (Phi) is 6.92. The third-order valence-corrected chi connectivity index (χ3v) is 3.44. The number of rotatable bonds is 1. The van der Waals surface area contributed by atoms with Gasteiger partial charge in [-0.3, -0.25) is 5.46 Å². The fraction of sp³-hybridized carbons (Fsp3) is 0.538. The highest BCUT2D eigenvalue weighted by Gasteiger charge is 2.30. The Hall–Kier alpha value is -0.385. The van der Waals surface area contributed by atoms with E-state index in [1.165, 1.54) is 0 Å². The smallest absolute Gasteiger partial charge is 0.416 e. The lowest BCUT2D eigenvalue weighted by Gasteiger charge is -2.21. The highest BCUT2D eigenvalue weighted by molar-refractivity contribution is 6.51. The van der Waals surface area contributed by atoms with Gasteiger partial charge in [0.05, 0.1) is 11.2 Å². The number of alkyl halides is 3. The van der Waals surface area contributed by atoms with E-state index in [1.54, 1.807) is 0 Å². The van der Waals surface area contributed by atoms with Gasteiger partial charge < -0.3 is 13.0 Å². The Balaban J connectivity index is 0.000000441. The predicted molar refractivity (Wildman–Crippen MR) is 78.0 cm³/mol. The summed E-state index contributed by atoms with van der Waals surface area (Å²) in [5, 5.41) is 8.71. The van der Waals surface area contributed by atoms with Gasteiger partial charge >= 0.3 is 6.18 Å². The summed E-state index contributed by atoms with van der Waals surface area (Å²) in [6, 6.07) is 1.48. The summed E-state index contributed by atoms with van der Waals surface area (Å²) in [4.78, 5) is 0. The minimum atomic E-state index is -4.46. The van der Waals surface area contributed by atoms with Crippen molar-refractivity contribution in [2.75, 3.05) is 0 Å². The van der Waals surface area contributed by atoms with Gasteiger partial charge in [-0.25, -0.2) is 0 Å². The molecule has 0 fully saturated rings. The molecule has 0 spiro atoms. The average molecular weight is 327 g/mol. The summed E-state index contributed by atoms with van der Waals surface area (Å²) in [6.45, 7) is 7.63. The van der Waals surface area contributed by atoms with E-state index in [0.29, 0.717) is 5.92 Å². The van der Waals surface area contributed by atoms with Crippen LogP contribution in [0.4, 0.5) is 13.2 Å². The molecule has 1 N–H and O–H groups in total. The van der Waals surface area contributed by atoms with Gasteiger partial charge in [0.2, 0.25) is 0 Å². The molecule has 0 aromatic heterocycles. The first-order valence-electron chi connectivity index (χ1n) is 5.81. The van der Waals surface area contributed by atoms with Crippen molar-refractivity contribution in [3.05, 3.63) is 27.7 Å². The second kappa shape index (κ2) is 7.05. The zero-order chi connectivity index (χ0) is 16.3. The van der Waals surface area contributed by atoms with Crippen molar-refractivity contribution in [1.82, 2.24) is 0 Å². The van der Waals surface area contributed by atoms with Crippen LogP contribution in [0, 0.1) is 5.92 Å². The standard InChI is InChI=1S/C7H2BCl2F3.C6H14O/c8-6-4(9)1-3(2-5(6)10)7(11,12)13;1-5(2)6(3,4)7/h1-2H;5,7H,1-4H3/q-1;. The number of hydrogen-bond acceptors (Lipinski definition) is 1. The van der Waals surface area contributed by atoms with Crippen molar-refractivity contribution in [3.63, 3.8) is 0 Å². The average Bonchev–Trinajstić information content (AvgIpc) is 2.23. The van der Waals surface area contributed by atoms with E-state index in [0.717, 1.165) is 12.1 Å². The molecular weight excluding hydrogens is 311 g/mol. The van der Waals surface area contributed by atoms with Crippen LogP contribution in [0.2, 0.25) is 10.0 Å². The number of halogens is 5. The van der Waals surface area contributed by atoms with Crippen LogP contribution in [0.5, 0.6) is 0 Å². The van der Waals surface area contributed by atoms with E-state index < -0.39 is 17.3 Å². The molecular formula is C13H16BCl2F3O-. The number of benzene rings is 1. The van der Waals surface area contributed by atoms with Gasteiger partial charge in [0.15, 0.2) is 0 Å². The van der Waals surface area contributed by atoms with Gasteiger partial charge in [-0.1, -0.05) is 37.0 Å². The van der Waals surface area contributed by atoms with Crippen molar-refractivity contribution in [1.29, 1.82) is 0 Å². The molecule has 0 aliphatic rings. The lowest BCUT2D eigenvalue weighted by atomic mass is 9.95. The Bertz CT molecular complexity index is 431. The summed E-state index contributed by atoms with van der Waals surface area (Å²) in [5.74, 6) is 0.354. The Morgan fingerprint density at radius 2 is 1.40 bits per heavy atom. The van der Waals surface area contributed by atoms with Crippen LogP contribution in [-0.2, 0) is 6.18 Å². The Labute approximate surface area is 128 Å². The van der Waals surface area contributed by atoms with E-state index in [9.17, 15) is 13.2 Å². The summed E-state index contributed by atoms with van der Waals surface area (Å²) >= 11 is 10.8. The second-order valence-corrected chi connectivity index (χ2v) is 5.97. The van der Waals surface area contributed by atoms with E-state index in [2.05, 4.69) is 0 Å². The highest BCUT2D eigenvalue weighted by atomic mass is 35.5. The van der Waals surface area contributed by atoms with Gasteiger partial charge in [0.25, 0.3) is 0 Å². The fourth-order valence-corrected chi connectivity index (χ4v) is 1.24. The molecule has 7 heteroatoms. The normalized spacial score (nSPS) is 12.2. The van der Waals surface area contributed by atoms with Crippen LogP contribution in [-0.4, -0.2) is 18.6 Å². The minimum Gasteiger partial charge on any atom is -0.576 e. The van der Waals surface area contributed by atoms with Crippen LogP contribution in [0.3, 0.4) is 0 Å². The first-order valence-corrected chi connectivity index (χ1v) is 6.56. The minimum absolute atomic E-state index is 0.0451. The Morgan fingerprint density at radius 3 is 1.60 bits per heavy atom. The van der Waals surface area contributed by atoms with Crippen LogP contribution in [0.15, 0.2) is 12.1 Å². The maximum Gasteiger partial charge on any atom is 0.416 e. The zero-order valence-electron chi connectivity index (χ0n) is 11.6. The molecule has 0 aliphatic carbocycles. The van der Waals surface area contributed by atoms with E-state index in [4.69, 9.17) is 36.2 Å². The van der Waals surface area contributed by atoms with Gasteiger partial charge in [-0.15, -0.1) is 0 Å². The highest BCUT2D eigenvalue weighted by Crippen LogP contribution is 2.31. The lowest BCUT2D eigenvalue weighted by Crippen LogP contribution is -2.25. The molecule has 1 nitrogen and oxygen atoms in total. The topological polar surface area (TPSA) is 20.2 Å². The first-order chi connectivity index (χ1) is 8.76. The molecule has 3 radical (unpaired) electrons. The molecule has 0 amide bonds. The number of aliphatic hydroxyl groups is 1. The van der Waals surface area contributed by atoms with E-state index in [1.807, 2.05) is 27.7 Å². The fourth-order valence-electron chi connectivity index (χ4n) is 0.748. The summed E-state index contributed by atoms with van der Waals surface area (Å²) in [5.41, 5.74) is -1.45. The molecule has 0 aliphatic heterocycles. The SMILES string of the molecule is CC(C)C(C)(C)O.[B-]c1c(Cl)cc(C(F)(F)F)cc1Cl. The van der Waals surface area contributed by atoms with Crippen molar-refractivity contribution in [2.24, 2.45) is 5.92 Å². The van der Waals surface area contributed by atoms with Gasteiger partial charge in [0, 0.05) is 0 Å². The summed E-state index contributed by atoms with van der Waals surface area (Å²) in [7, 11) is 5.26.